The summed E-state index contributed by atoms with van der Waals surface area (Å²) in [4.78, 5) is 27.4. The number of nitrogens with one attached hydrogen (secondary N) is 1. The lowest BCUT2D eigenvalue weighted by atomic mass is 10.2. The first kappa shape index (κ1) is 16.4. The summed E-state index contributed by atoms with van der Waals surface area (Å²) < 4.78 is 5.27. The first-order valence-electron chi connectivity index (χ1n) is 7.54. The Labute approximate surface area is 145 Å². The Balaban J connectivity index is 1.83. The average molecular weight is 342 g/mol. The Kier molecular flexibility index (Phi) is 4.76. The molecule has 3 rings (SSSR count). The summed E-state index contributed by atoms with van der Waals surface area (Å²) in [7, 11) is 1.52. The average Bonchev–Trinajstić information content (AvgIpc) is 2.88. The molecule has 2 amide bonds. The summed E-state index contributed by atoms with van der Waals surface area (Å²) >= 11 is 1.63. The molecule has 1 fully saturated rings. The predicted octanol–water partition coefficient (Wildman–Crippen LogP) is 3.16. The first-order valence-corrected chi connectivity index (χ1v) is 8.77. The van der Waals surface area contributed by atoms with Gasteiger partial charge in [0.2, 0.25) is 5.91 Å². The van der Waals surface area contributed by atoms with Crippen LogP contribution in [-0.4, -0.2) is 31.2 Å². The zero-order chi connectivity index (χ0) is 17.1. The number of benzene rings is 2. The van der Waals surface area contributed by atoms with E-state index in [1.165, 1.54) is 12.0 Å². The van der Waals surface area contributed by atoms with Gasteiger partial charge in [-0.3, -0.25) is 9.59 Å². The third-order valence-corrected chi connectivity index (χ3v) is 4.61. The maximum absolute atomic E-state index is 12.7. The van der Waals surface area contributed by atoms with Gasteiger partial charge in [-0.25, -0.2) is 4.90 Å². The Morgan fingerprint density at radius 1 is 1.17 bits per heavy atom. The molecule has 1 N–H and O–H groups in total. The minimum Gasteiger partial charge on any atom is -0.495 e. The van der Waals surface area contributed by atoms with Crippen molar-refractivity contribution < 1.29 is 14.3 Å². The summed E-state index contributed by atoms with van der Waals surface area (Å²) in [5, 5.41) is 3.17. The summed E-state index contributed by atoms with van der Waals surface area (Å²) in [5.41, 5.74) is 1.31. The van der Waals surface area contributed by atoms with E-state index in [4.69, 9.17) is 4.74 Å². The van der Waals surface area contributed by atoms with Crippen LogP contribution >= 0.6 is 11.8 Å². The van der Waals surface area contributed by atoms with E-state index >= 15 is 0 Å². The van der Waals surface area contributed by atoms with E-state index in [0.29, 0.717) is 11.4 Å². The number of methoxy groups -OCH3 is 1. The van der Waals surface area contributed by atoms with Gasteiger partial charge in [0.15, 0.2) is 0 Å². The highest BCUT2D eigenvalue weighted by molar-refractivity contribution is 7.98. The molecular weight excluding hydrogens is 324 g/mol. The van der Waals surface area contributed by atoms with Crippen LogP contribution in [0, 0.1) is 0 Å². The van der Waals surface area contributed by atoms with E-state index in [2.05, 4.69) is 5.32 Å². The molecule has 6 heteroatoms. The molecule has 1 saturated heterocycles. The lowest BCUT2D eigenvalue weighted by molar-refractivity contribution is -0.121. The van der Waals surface area contributed by atoms with E-state index in [-0.39, 0.29) is 18.2 Å². The quantitative estimate of drug-likeness (QED) is 0.668. The zero-order valence-electron chi connectivity index (χ0n) is 13.5. The lowest BCUT2D eigenvalue weighted by Crippen LogP contribution is -2.35. The number of carbonyl (C=O) groups is 2. The Hall–Kier alpha value is -2.47. The van der Waals surface area contributed by atoms with E-state index in [9.17, 15) is 9.59 Å². The Morgan fingerprint density at radius 3 is 2.71 bits per heavy atom. The number of thioether (sulfide) groups is 1. The smallest absolute Gasteiger partial charge is 0.256 e. The minimum atomic E-state index is -0.570. The number of anilines is 2. The van der Waals surface area contributed by atoms with Gasteiger partial charge in [0.05, 0.1) is 19.2 Å². The van der Waals surface area contributed by atoms with Gasteiger partial charge in [0.1, 0.15) is 11.8 Å². The van der Waals surface area contributed by atoms with Gasteiger partial charge < -0.3 is 10.1 Å². The van der Waals surface area contributed by atoms with Gasteiger partial charge in [-0.15, -0.1) is 11.8 Å². The number of imide groups is 1. The van der Waals surface area contributed by atoms with Crippen molar-refractivity contribution in [1.29, 1.82) is 0 Å². The minimum absolute atomic E-state index is 0.125. The van der Waals surface area contributed by atoms with E-state index in [0.717, 1.165) is 10.6 Å². The lowest BCUT2D eigenvalue weighted by Gasteiger charge is -2.18. The van der Waals surface area contributed by atoms with Crippen LogP contribution in [0.4, 0.5) is 11.4 Å². The van der Waals surface area contributed by atoms with Crippen molar-refractivity contribution in [2.45, 2.75) is 17.4 Å². The molecule has 0 aromatic heterocycles. The summed E-state index contributed by atoms with van der Waals surface area (Å²) in [6.45, 7) is 0. The maximum Gasteiger partial charge on any atom is 0.256 e. The van der Waals surface area contributed by atoms with Crippen molar-refractivity contribution >= 4 is 35.0 Å². The van der Waals surface area contributed by atoms with Crippen LogP contribution in [0.25, 0.3) is 0 Å². The second-order valence-corrected chi connectivity index (χ2v) is 6.25. The molecule has 1 atom stereocenters. The van der Waals surface area contributed by atoms with Crippen LogP contribution in [0.3, 0.4) is 0 Å². The highest BCUT2D eigenvalue weighted by atomic mass is 32.2. The van der Waals surface area contributed by atoms with Crippen LogP contribution in [0.2, 0.25) is 0 Å². The maximum atomic E-state index is 12.7. The molecule has 0 radical (unpaired) electrons. The van der Waals surface area contributed by atoms with Gasteiger partial charge in [-0.2, -0.15) is 0 Å². The molecule has 0 unspecified atom stereocenters. The molecular formula is C18H18N2O3S. The number of para-hydroxylation sites is 2. The molecule has 24 heavy (non-hydrogen) atoms. The second-order valence-electron chi connectivity index (χ2n) is 5.37. The molecule has 1 heterocycles. The molecule has 0 spiro atoms. The first-order chi connectivity index (χ1) is 11.6. The molecule has 2 aromatic rings. The van der Waals surface area contributed by atoms with Gasteiger partial charge in [-0.1, -0.05) is 18.2 Å². The standard InChI is InChI=1S/C18H18N2O3S/c1-23-16-9-4-3-8-15(16)20-17(21)11-14(18(20)22)19-12-6-5-7-13(10-12)24-2/h3-10,14,19H,11H2,1-2H3/t14-/m1/s1. The fraction of sp³-hybridized carbons (Fsp3) is 0.222. The van der Waals surface area contributed by atoms with Crippen molar-refractivity contribution in [2.75, 3.05) is 23.6 Å². The van der Waals surface area contributed by atoms with Gasteiger partial charge >= 0.3 is 0 Å². The molecule has 1 aliphatic rings. The number of rotatable bonds is 5. The normalized spacial score (nSPS) is 17.2. The van der Waals surface area contributed by atoms with Crippen molar-refractivity contribution in [3.63, 3.8) is 0 Å². The highest BCUT2D eigenvalue weighted by Gasteiger charge is 2.40. The number of ether oxygens (including phenoxy) is 1. The number of carbonyl (C=O) groups excluding carboxylic acids is 2. The van der Waals surface area contributed by atoms with Crippen molar-refractivity contribution in [3.8, 4) is 5.75 Å². The Bertz CT molecular complexity index is 778. The van der Waals surface area contributed by atoms with Crippen LogP contribution in [-0.2, 0) is 9.59 Å². The molecule has 0 aliphatic carbocycles. The third kappa shape index (κ3) is 3.10. The molecule has 124 valence electrons. The number of nitrogens with zero attached hydrogens (tertiary/aromatic N) is 1. The van der Waals surface area contributed by atoms with E-state index in [1.54, 1.807) is 36.0 Å². The molecule has 0 bridgehead atoms. The largest absolute Gasteiger partial charge is 0.495 e. The number of hydrogen-bond acceptors (Lipinski definition) is 5. The van der Waals surface area contributed by atoms with Crippen molar-refractivity contribution in [3.05, 3.63) is 48.5 Å². The third-order valence-electron chi connectivity index (χ3n) is 3.88. The zero-order valence-corrected chi connectivity index (χ0v) is 14.3. The predicted molar refractivity (Wildman–Crippen MR) is 95.7 cm³/mol. The SMILES string of the molecule is COc1ccccc1N1C(=O)C[C@@H](Nc2cccc(SC)c2)C1=O. The molecule has 1 aliphatic heterocycles. The van der Waals surface area contributed by atoms with Crippen LogP contribution in [0.5, 0.6) is 5.75 Å². The fourth-order valence-corrected chi connectivity index (χ4v) is 3.19. The summed E-state index contributed by atoms with van der Waals surface area (Å²) in [5.74, 6) is 0.00584. The number of amides is 2. The van der Waals surface area contributed by atoms with Gasteiger partial charge in [0, 0.05) is 10.6 Å². The number of hydrogen-bond donors (Lipinski definition) is 1. The monoisotopic (exact) mass is 342 g/mol. The van der Waals surface area contributed by atoms with Crippen LogP contribution < -0.4 is 15.0 Å². The fourth-order valence-electron chi connectivity index (χ4n) is 2.73. The Morgan fingerprint density at radius 2 is 1.96 bits per heavy atom. The van der Waals surface area contributed by atoms with Crippen LogP contribution in [0.1, 0.15) is 6.42 Å². The molecule has 5 nitrogen and oxygen atoms in total. The van der Waals surface area contributed by atoms with Crippen molar-refractivity contribution in [1.82, 2.24) is 0 Å². The van der Waals surface area contributed by atoms with Crippen LogP contribution in [0.15, 0.2) is 53.4 Å². The summed E-state index contributed by atoms with van der Waals surface area (Å²) in [6, 6.07) is 14.2. The van der Waals surface area contributed by atoms with E-state index < -0.39 is 6.04 Å². The van der Waals surface area contributed by atoms with E-state index in [1.807, 2.05) is 30.5 Å². The highest BCUT2D eigenvalue weighted by Crippen LogP contribution is 2.32. The summed E-state index contributed by atoms with van der Waals surface area (Å²) in [6.07, 6.45) is 2.12. The van der Waals surface area contributed by atoms with Gasteiger partial charge in [-0.05, 0) is 36.6 Å². The molecule has 0 saturated carbocycles. The topological polar surface area (TPSA) is 58.6 Å². The van der Waals surface area contributed by atoms with Gasteiger partial charge in [0.25, 0.3) is 5.91 Å². The molecule has 2 aromatic carbocycles. The van der Waals surface area contributed by atoms with Crippen molar-refractivity contribution in [2.24, 2.45) is 0 Å². The second kappa shape index (κ2) is 6.97.